The average Bonchev–Trinajstić information content (AvgIpc) is 3.10. The van der Waals surface area contributed by atoms with Crippen LogP contribution in [0.5, 0.6) is 0 Å². The minimum Gasteiger partial charge on any atom is -0.455 e. The van der Waals surface area contributed by atoms with Gasteiger partial charge in [0.1, 0.15) is 17.8 Å². The lowest BCUT2D eigenvalue weighted by atomic mass is 9.73. The molecular formula is C38H68N2O13. The first kappa shape index (κ1) is 45.6. The Kier molecular flexibility index (Phi) is 15.5. The molecule has 53 heavy (non-hydrogen) atoms. The van der Waals surface area contributed by atoms with Crippen molar-refractivity contribution in [3.63, 3.8) is 0 Å². The van der Waals surface area contributed by atoms with Crippen LogP contribution in [0.25, 0.3) is 0 Å². The summed E-state index contributed by atoms with van der Waals surface area (Å²) in [5, 5.41) is 59.6. The Hall–Kier alpha value is -1.76. The van der Waals surface area contributed by atoms with E-state index in [0.717, 1.165) is 0 Å². The number of carbonyl (C=O) groups is 1. The number of ether oxygens (including phenoxy) is 7. The van der Waals surface area contributed by atoms with Gasteiger partial charge in [0, 0.05) is 44.4 Å². The molecule has 5 N–H and O–H groups in total. The Morgan fingerprint density at radius 3 is 2.04 bits per heavy atom. The molecule has 3 rings (SSSR count). The van der Waals surface area contributed by atoms with Gasteiger partial charge in [0.05, 0.1) is 53.4 Å². The first-order chi connectivity index (χ1) is 24.5. The van der Waals surface area contributed by atoms with Crippen molar-refractivity contribution in [1.29, 1.82) is 0 Å². The number of cyclic esters (lactones) is 1. The molecule has 0 aromatic carbocycles. The molecule has 3 heterocycles. The zero-order valence-corrected chi connectivity index (χ0v) is 34.0. The summed E-state index contributed by atoms with van der Waals surface area (Å²) in [4.78, 5) is 16.1. The van der Waals surface area contributed by atoms with Gasteiger partial charge in [-0.3, -0.25) is 4.79 Å². The van der Waals surface area contributed by atoms with Gasteiger partial charge in [0.2, 0.25) is 0 Å². The zero-order valence-electron chi connectivity index (χ0n) is 34.0. The van der Waals surface area contributed by atoms with Crippen LogP contribution in [0.1, 0.15) is 81.6 Å². The number of hydrogen-bond donors (Lipinski definition) is 5. The van der Waals surface area contributed by atoms with Crippen LogP contribution in [-0.4, -0.2) is 155 Å². The zero-order chi connectivity index (χ0) is 40.4. The van der Waals surface area contributed by atoms with Crippen molar-refractivity contribution in [3.05, 3.63) is 12.7 Å². The predicted octanol–water partition coefficient (Wildman–Crippen LogP) is 2.48. The van der Waals surface area contributed by atoms with Crippen LogP contribution in [0.3, 0.4) is 0 Å². The first-order valence-corrected chi connectivity index (χ1v) is 18.7. The number of rotatable bonds is 8. The molecule has 0 saturated carbocycles. The van der Waals surface area contributed by atoms with E-state index in [1.54, 1.807) is 27.7 Å². The van der Waals surface area contributed by atoms with Gasteiger partial charge in [-0.1, -0.05) is 32.5 Å². The van der Waals surface area contributed by atoms with Gasteiger partial charge in [-0.2, -0.15) is 0 Å². The highest BCUT2D eigenvalue weighted by molar-refractivity contribution is 5.88. The third-order valence-electron chi connectivity index (χ3n) is 12.2. The van der Waals surface area contributed by atoms with Crippen molar-refractivity contribution >= 4 is 11.7 Å². The molecule has 3 fully saturated rings. The Bertz CT molecular complexity index is 1250. The van der Waals surface area contributed by atoms with Gasteiger partial charge in [-0.25, -0.2) is 0 Å². The SMILES string of the molecule is C=C[C@H]1OC(=O)[C@H](C)[C@@H](O[C@H]2C[C@@](C)(OC)[C@@H](O)[C@H](C)O2)[C@H](C)[C@@H](O[C@@H]2O[C@H](C)C[C@H](N(C)C)[C@H]2O)[C@](C)(OC)C[C@@H](C)/C(=N\O)[C@H](C)[C@@H](O)[C@]1(C)O. The van der Waals surface area contributed by atoms with Crippen LogP contribution >= 0.6 is 0 Å². The molecule has 0 unspecified atom stereocenters. The van der Waals surface area contributed by atoms with Crippen LogP contribution in [0.4, 0.5) is 0 Å². The normalized spacial score (nSPS) is 49.0. The minimum atomic E-state index is -2.05. The highest BCUT2D eigenvalue weighted by atomic mass is 16.7. The van der Waals surface area contributed by atoms with Crippen molar-refractivity contribution in [2.45, 2.75) is 166 Å². The van der Waals surface area contributed by atoms with Crippen molar-refractivity contribution < 1.29 is 63.6 Å². The van der Waals surface area contributed by atoms with Crippen molar-refractivity contribution in [2.24, 2.45) is 28.8 Å². The molecule has 15 heteroatoms. The van der Waals surface area contributed by atoms with Crippen LogP contribution in [0.15, 0.2) is 17.8 Å². The summed E-state index contributed by atoms with van der Waals surface area (Å²) in [7, 11) is 6.76. The quantitative estimate of drug-likeness (QED) is 0.105. The summed E-state index contributed by atoms with van der Waals surface area (Å²) in [5.74, 6) is -4.04. The molecule has 308 valence electrons. The summed E-state index contributed by atoms with van der Waals surface area (Å²) in [6.45, 7) is 19.1. The maximum absolute atomic E-state index is 14.2. The number of oxime groups is 1. The van der Waals surface area contributed by atoms with E-state index in [9.17, 15) is 30.4 Å². The molecule has 0 amide bonds. The molecule has 3 saturated heterocycles. The molecule has 0 aliphatic carbocycles. The van der Waals surface area contributed by atoms with Crippen LogP contribution in [0, 0.1) is 23.7 Å². The highest BCUT2D eigenvalue weighted by Crippen LogP contribution is 2.42. The maximum atomic E-state index is 14.2. The molecule has 18 atom stereocenters. The van der Waals surface area contributed by atoms with Crippen LogP contribution < -0.4 is 0 Å². The lowest BCUT2D eigenvalue weighted by molar-refractivity contribution is -0.319. The molecule has 0 bridgehead atoms. The van der Waals surface area contributed by atoms with Gasteiger partial charge in [-0.05, 0) is 74.6 Å². The van der Waals surface area contributed by atoms with Gasteiger partial charge >= 0.3 is 5.97 Å². The number of carbonyl (C=O) groups excluding carboxylic acids is 1. The fraction of sp³-hybridized carbons (Fsp3) is 0.895. The Morgan fingerprint density at radius 2 is 1.51 bits per heavy atom. The number of hydrogen-bond acceptors (Lipinski definition) is 15. The molecule has 15 nitrogen and oxygen atoms in total. The monoisotopic (exact) mass is 760 g/mol. The third kappa shape index (κ3) is 9.62. The van der Waals surface area contributed by atoms with Crippen LogP contribution in [-0.2, 0) is 38.0 Å². The summed E-state index contributed by atoms with van der Waals surface area (Å²) < 4.78 is 43.9. The van der Waals surface area contributed by atoms with E-state index in [-0.39, 0.29) is 30.7 Å². The first-order valence-electron chi connectivity index (χ1n) is 18.7. The van der Waals surface area contributed by atoms with Crippen LogP contribution in [0.2, 0.25) is 0 Å². The number of nitrogens with zero attached hydrogens (tertiary/aromatic N) is 2. The predicted molar refractivity (Wildman–Crippen MR) is 195 cm³/mol. The fourth-order valence-electron chi connectivity index (χ4n) is 8.54. The summed E-state index contributed by atoms with van der Waals surface area (Å²) >= 11 is 0. The minimum absolute atomic E-state index is 0.112. The Balaban J connectivity index is 2.25. The lowest BCUT2D eigenvalue weighted by Crippen LogP contribution is -2.61. The van der Waals surface area contributed by atoms with Gasteiger partial charge in [0.25, 0.3) is 0 Å². The van der Waals surface area contributed by atoms with Crippen molar-refractivity contribution in [3.8, 4) is 0 Å². The van der Waals surface area contributed by atoms with E-state index in [4.69, 9.17) is 33.2 Å². The second kappa shape index (κ2) is 18.0. The summed E-state index contributed by atoms with van der Waals surface area (Å²) in [5.41, 5.74) is -4.17. The third-order valence-corrected chi connectivity index (χ3v) is 12.2. The number of aliphatic hydroxyl groups is 4. The molecule has 0 spiro atoms. The molecule has 0 aromatic rings. The summed E-state index contributed by atoms with van der Waals surface area (Å²) in [6, 6.07) is -0.291. The summed E-state index contributed by atoms with van der Waals surface area (Å²) in [6.07, 6.45) is -7.95. The van der Waals surface area contributed by atoms with Crippen molar-refractivity contribution in [2.75, 3.05) is 28.3 Å². The van der Waals surface area contributed by atoms with Crippen molar-refractivity contribution in [1.82, 2.24) is 4.90 Å². The molecule has 0 radical (unpaired) electrons. The Labute approximate surface area is 315 Å². The van der Waals surface area contributed by atoms with E-state index >= 15 is 0 Å². The number of aliphatic hydroxyl groups excluding tert-OH is 3. The van der Waals surface area contributed by atoms with Gasteiger partial charge in [-0.15, -0.1) is 0 Å². The topological polar surface area (TPSA) is 198 Å². The number of likely N-dealkylation sites (N-methyl/N-ethyl adjacent to an activating group) is 1. The van der Waals surface area contributed by atoms with Gasteiger partial charge < -0.3 is 63.7 Å². The fourth-order valence-corrected chi connectivity index (χ4v) is 8.54. The standard InChI is InChI=1S/C38H68N2O13/c1-15-26-38(10,45)31(42)21(4)28(39-46)19(2)17-37(9,48-14)33(53-35-29(41)25(40(11)12)16-20(3)49-35)22(5)30(23(6)34(44)51-26)52-27-18-36(8,47-13)32(43)24(7)50-27/h15,19-27,29-33,35,41-43,45-46H,1,16-18H2,2-14H3/b39-28+/t19-,20-,21+,22+,23-,24+,25+,26-,27+,29-,30+,31-,32+,33-,35+,36-,37-,38-/m1/s1. The highest BCUT2D eigenvalue weighted by Gasteiger charge is 2.53. The molecule has 3 aliphatic rings. The molecular weight excluding hydrogens is 692 g/mol. The number of esters is 1. The molecule has 3 aliphatic heterocycles. The van der Waals surface area contributed by atoms with Gasteiger partial charge in [0.15, 0.2) is 18.7 Å². The smallest absolute Gasteiger partial charge is 0.312 e. The number of methoxy groups -OCH3 is 2. The second-order valence-corrected chi connectivity index (χ2v) is 16.5. The second-order valence-electron chi connectivity index (χ2n) is 16.5. The van der Waals surface area contributed by atoms with E-state index in [1.807, 2.05) is 46.7 Å². The largest absolute Gasteiger partial charge is 0.455 e. The van der Waals surface area contributed by atoms with E-state index in [0.29, 0.717) is 6.42 Å². The van der Waals surface area contributed by atoms with E-state index < -0.39 is 102 Å². The Morgan fingerprint density at radius 1 is 0.906 bits per heavy atom. The van der Waals surface area contributed by atoms with E-state index in [2.05, 4.69) is 11.7 Å². The molecule has 0 aromatic heterocycles. The maximum Gasteiger partial charge on any atom is 0.312 e. The van der Waals surface area contributed by atoms with E-state index in [1.165, 1.54) is 27.2 Å². The lowest BCUT2D eigenvalue weighted by Gasteiger charge is -2.50. The average molecular weight is 761 g/mol.